The van der Waals surface area contributed by atoms with Gasteiger partial charge in [0, 0.05) is 19.0 Å². The largest absolute Gasteiger partial charge is 0.314 e. The first kappa shape index (κ1) is 17.7. The zero-order valence-electron chi connectivity index (χ0n) is 13.7. The number of hydrogen-bond acceptors (Lipinski definition) is 2. The van der Waals surface area contributed by atoms with Crippen molar-refractivity contribution in [1.29, 1.82) is 0 Å². The Morgan fingerprint density at radius 1 is 1.25 bits per heavy atom. The van der Waals surface area contributed by atoms with E-state index in [4.69, 9.17) is 0 Å². The predicted molar refractivity (Wildman–Crippen MR) is 90.2 cm³/mol. The molecule has 116 valence electrons. The second-order valence-electron chi connectivity index (χ2n) is 5.99. The molecule has 4 heteroatoms. The van der Waals surface area contributed by atoms with Gasteiger partial charge in [-0.1, -0.05) is 20.8 Å². The van der Waals surface area contributed by atoms with Crippen LogP contribution in [0.2, 0.25) is 0 Å². The van der Waals surface area contributed by atoms with Crippen molar-refractivity contribution < 1.29 is 0 Å². The summed E-state index contributed by atoms with van der Waals surface area (Å²) in [6.45, 7) is 13.1. The standard InChI is InChI=1S/C16H30BrN3/c1-6-10-18-14(9-8-12(3)4)11-15-16(17)13(5)19-20(15)7-2/h12,14,18H,6-11H2,1-5H3. The molecule has 0 bridgehead atoms. The third-order valence-electron chi connectivity index (χ3n) is 3.67. The van der Waals surface area contributed by atoms with Crippen molar-refractivity contribution in [3.05, 3.63) is 15.9 Å². The van der Waals surface area contributed by atoms with Gasteiger partial charge in [-0.3, -0.25) is 4.68 Å². The highest BCUT2D eigenvalue weighted by molar-refractivity contribution is 9.10. The van der Waals surface area contributed by atoms with E-state index in [0.717, 1.165) is 31.1 Å². The fraction of sp³-hybridized carbons (Fsp3) is 0.812. The van der Waals surface area contributed by atoms with Crippen LogP contribution in [0.25, 0.3) is 0 Å². The average Bonchev–Trinajstić information content (AvgIpc) is 2.68. The normalized spacial score (nSPS) is 13.2. The lowest BCUT2D eigenvalue weighted by Gasteiger charge is -2.20. The Morgan fingerprint density at radius 2 is 1.95 bits per heavy atom. The first-order valence-electron chi connectivity index (χ1n) is 7.94. The molecule has 20 heavy (non-hydrogen) atoms. The lowest BCUT2D eigenvalue weighted by Crippen LogP contribution is -2.33. The summed E-state index contributed by atoms with van der Waals surface area (Å²) in [7, 11) is 0. The molecule has 1 unspecified atom stereocenters. The molecule has 0 amide bonds. The Hall–Kier alpha value is -0.350. The SMILES string of the molecule is CCCNC(CCC(C)C)Cc1c(Br)c(C)nn1CC. The monoisotopic (exact) mass is 343 g/mol. The molecule has 0 aliphatic heterocycles. The smallest absolute Gasteiger partial charge is 0.0738 e. The molecular formula is C16H30BrN3. The fourth-order valence-electron chi connectivity index (χ4n) is 2.46. The van der Waals surface area contributed by atoms with E-state index in [0.29, 0.717) is 6.04 Å². The summed E-state index contributed by atoms with van der Waals surface area (Å²) >= 11 is 3.71. The van der Waals surface area contributed by atoms with Crippen molar-refractivity contribution in [2.75, 3.05) is 6.54 Å². The number of rotatable bonds is 9. The Balaban J connectivity index is 2.77. The Kier molecular flexibility index (Phi) is 7.82. The maximum absolute atomic E-state index is 4.60. The third-order valence-corrected chi connectivity index (χ3v) is 4.70. The maximum atomic E-state index is 4.60. The first-order chi connectivity index (χ1) is 9.49. The van der Waals surface area contributed by atoms with Gasteiger partial charge in [0.15, 0.2) is 0 Å². The molecule has 0 fully saturated rings. The number of hydrogen-bond donors (Lipinski definition) is 1. The molecule has 0 saturated carbocycles. The highest BCUT2D eigenvalue weighted by Gasteiger charge is 2.17. The van der Waals surface area contributed by atoms with Gasteiger partial charge in [-0.2, -0.15) is 5.10 Å². The van der Waals surface area contributed by atoms with E-state index in [1.807, 2.05) is 0 Å². The van der Waals surface area contributed by atoms with Crippen molar-refractivity contribution in [3.8, 4) is 0 Å². The minimum atomic E-state index is 0.551. The van der Waals surface area contributed by atoms with Crippen LogP contribution in [-0.4, -0.2) is 22.4 Å². The highest BCUT2D eigenvalue weighted by atomic mass is 79.9. The zero-order chi connectivity index (χ0) is 15.1. The molecule has 1 aromatic heterocycles. The average molecular weight is 344 g/mol. The number of aromatic nitrogens is 2. The van der Waals surface area contributed by atoms with E-state index in [1.165, 1.54) is 29.4 Å². The number of halogens is 1. The molecule has 1 N–H and O–H groups in total. The van der Waals surface area contributed by atoms with Gasteiger partial charge in [0.1, 0.15) is 0 Å². The van der Waals surface area contributed by atoms with Gasteiger partial charge in [0.25, 0.3) is 0 Å². The van der Waals surface area contributed by atoms with Crippen molar-refractivity contribution in [2.24, 2.45) is 5.92 Å². The van der Waals surface area contributed by atoms with Gasteiger partial charge in [0.2, 0.25) is 0 Å². The second kappa shape index (κ2) is 8.83. The van der Waals surface area contributed by atoms with E-state index in [2.05, 4.69) is 65.6 Å². The molecule has 0 radical (unpaired) electrons. The summed E-state index contributed by atoms with van der Waals surface area (Å²) in [6.07, 6.45) is 4.75. The van der Waals surface area contributed by atoms with Crippen molar-refractivity contribution >= 4 is 15.9 Å². The van der Waals surface area contributed by atoms with Crippen LogP contribution in [0.5, 0.6) is 0 Å². The Bertz CT molecular complexity index is 399. The Morgan fingerprint density at radius 3 is 2.50 bits per heavy atom. The molecular weight excluding hydrogens is 314 g/mol. The van der Waals surface area contributed by atoms with Crippen LogP contribution < -0.4 is 5.32 Å². The minimum absolute atomic E-state index is 0.551. The van der Waals surface area contributed by atoms with Crippen molar-refractivity contribution in [3.63, 3.8) is 0 Å². The van der Waals surface area contributed by atoms with Crippen LogP contribution in [0.1, 0.15) is 58.3 Å². The summed E-state index contributed by atoms with van der Waals surface area (Å²) in [5, 5.41) is 8.30. The quantitative estimate of drug-likeness (QED) is 0.723. The molecule has 0 spiro atoms. The van der Waals surface area contributed by atoms with Gasteiger partial charge in [-0.25, -0.2) is 0 Å². The molecule has 1 atom stereocenters. The number of aryl methyl sites for hydroxylation is 2. The molecule has 1 aromatic rings. The number of nitrogens with one attached hydrogen (secondary N) is 1. The molecule has 3 nitrogen and oxygen atoms in total. The van der Waals surface area contributed by atoms with Crippen molar-refractivity contribution in [2.45, 2.75) is 72.9 Å². The number of nitrogens with zero attached hydrogens (tertiary/aromatic N) is 2. The lowest BCUT2D eigenvalue weighted by molar-refractivity contribution is 0.417. The van der Waals surface area contributed by atoms with E-state index in [9.17, 15) is 0 Å². The topological polar surface area (TPSA) is 29.9 Å². The van der Waals surface area contributed by atoms with Gasteiger partial charge in [-0.15, -0.1) is 0 Å². The van der Waals surface area contributed by atoms with E-state index in [1.54, 1.807) is 0 Å². The summed E-state index contributed by atoms with van der Waals surface area (Å²) in [5.74, 6) is 0.766. The minimum Gasteiger partial charge on any atom is -0.314 e. The van der Waals surface area contributed by atoms with Crippen LogP contribution in [0.3, 0.4) is 0 Å². The molecule has 0 saturated heterocycles. The van der Waals surface area contributed by atoms with Crippen LogP contribution >= 0.6 is 15.9 Å². The van der Waals surface area contributed by atoms with E-state index >= 15 is 0 Å². The van der Waals surface area contributed by atoms with Crippen molar-refractivity contribution in [1.82, 2.24) is 15.1 Å². The van der Waals surface area contributed by atoms with Gasteiger partial charge in [0.05, 0.1) is 15.9 Å². The molecule has 0 aromatic carbocycles. The predicted octanol–water partition coefficient (Wildman–Crippen LogP) is 4.32. The molecule has 0 aliphatic carbocycles. The molecule has 0 aliphatic rings. The summed E-state index contributed by atoms with van der Waals surface area (Å²) in [4.78, 5) is 0. The second-order valence-corrected chi connectivity index (χ2v) is 6.78. The van der Waals surface area contributed by atoms with Crippen LogP contribution in [-0.2, 0) is 13.0 Å². The molecule has 1 heterocycles. The van der Waals surface area contributed by atoms with Gasteiger partial charge < -0.3 is 5.32 Å². The van der Waals surface area contributed by atoms with Crippen LogP contribution in [0, 0.1) is 12.8 Å². The van der Waals surface area contributed by atoms with Crippen LogP contribution in [0.4, 0.5) is 0 Å². The molecule has 1 rings (SSSR count). The Labute approximate surface area is 132 Å². The lowest BCUT2D eigenvalue weighted by atomic mass is 9.99. The van der Waals surface area contributed by atoms with Crippen LogP contribution in [0.15, 0.2) is 4.47 Å². The third kappa shape index (κ3) is 5.21. The van der Waals surface area contributed by atoms with E-state index < -0.39 is 0 Å². The van der Waals surface area contributed by atoms with E-state index in [-0.39, 0.29) is 0 Å². The fourth-order valence-corrected chi connectivity index (χ4v) is 2.90. The van der Waals surface area contributed by atoms with Gasteiger partial charge >= 0.3 is 0 Å². The summed E-state index contributed by atoms with van der Waals surface area (Å²) in [6, 6.07) is 0.551. The zero-order valence-corrected chi connectivity index (χ0v) is 15.3. The summed E-state index contributed by atoms with van der Waals surface area (Å²) < 4.78 is 3.32. The van der Waals surface area contributed by atoms with Gasteiger partial charge in [-0.05, 0) is 61.5 Å². The first-order valence-corrected chi connectivity index (χ1v) is 8.73. The maximum Gasteiger partial charge on any atom is 0.0738 e. The highest BCUT2D eigenvalue weighted by Crippen LogP contribution is 2.23. The summed E-state index contributed by atoms with van der Waals surface area (Å²) in [5.41, 5.74) is 2.43.